The number of rotatable bonds is 7. The molecule has 1 heterocycles. The summed E-state index contributed by atoms with van der Waals surface area (Å²) in [5.74, 6) is 0. The van der Waals surface area contributed by atoms with Crippen molar-refractivity contribution in [2.45, 2.75) is 63.5 Å². The molecule has 1 saturated carbocycles. The molecule has 1 aliphatic heterocycles. The molecule has 2 fully saturated rings. The van der Waals surface area contributed by atoms with Gasteiger partial charge in [0.15, 0.2) is 0 Å². The first-order valence-corrected chi connectivity index (χ1v) is 8.81. The summed E-state index contributed by atoms with van der Waals surface area (Å²) >= 11 is 0. The maximum atomic E-state index is 5.60. The Hall–Kier alpha value is -0.160. The van der Waals surface area contributed by atoms with Gasteiger partial charge in [-0.2, -0.15) is 0 Å². The van der Waals surface area contributed by atoms with E-state index in [4.69, 9.17) is 9.47 Å². The SMILES string of the molecule is COCCOCCCN1CC2(CCCCC2)NCCC1C. The molecule has 1 N–H and O–H groups in total. The third-order valence-corrected chi connectivity index (χ3v) is 5.17. The van der Waals surface area contributed by atoms with Gasteiger partial charge in [-0.3, -0.25) is 4.90 Å². The second-order valence-corrected chi connectivity index (χ2v) is 6.83. The Morgan fingerprint density at radius 2 is 1.95 bits per heavy atom. The fourth-order valence-electron chi connectivity index (χ4n) is 3.81. The van der Waals surface area contributed by atoms with Gasteiger partial charge in [-0.05, 0) is 39.2 Å². The molecular formula is C17H34N2O2. The lowest BCUT2D eigenvalue weighted by Gasteiger charge is -2.41. The van der Waals surface area contributed by atoms with Crippen LogP contribution in [0.4, 0.5) is 0 Å². The number of hydrogen-bond donors (Lipinski definition) is 1. The lowest BCUT2D eigenvalue weighted by molar-refractivity contribution is 0.0600. The van der Waals surface area contributed by atoms with E-state index in [0.717, 1.165) is 26.2 Å². The van der Waals surface area contributed by atoms with Crippen molar-refractivity contribution in [2.24, 2.45) is 0 Å². The van der Waals surface area contributed by atoms with E-state index in [0.29, 0.717) is 18.2 Å². The lowest BCUT2D eigenvalue weighted by atomic mass is 9.81. The van der Waals surface area contributed by atoms with Gasteiger partial charge in [0.1, 0.15) is 0 Å². The van der Waals surface area contributed by atoms with E-state index < -0.39 is 0 Å². The minimum Gasteiger partial charge on any atom is -0.382 e. The second-order valence-electron chi connectivity index (χ2n) is 6.83. The quantitative estimate of drug-likeness (QED) is 0.732. The Bertz CT molecular complexity index is 280. The minimum absolute atomic E-state index is 0.403. The van der Waals surface area contributed by atoms with Gasteiger partial charge in [-0.1, -0.05) is 19.3 Å². The van der Waals surface area contributed by atoms with Crippen molar-refractivity contribution in [1.29, 1.82) is 0 Å². The topological polar surface area (TPSA) is 33.7 Å². The molecule has 0 aromatic carbocycles. The van der Waals surface area contributed by atoms with Gasteiger partial charge in [-0.15, -0.1) is 0 Å². The fourth-order valence-corrected chi connectivity index (χ4v) is 3.81. The molecule has 2 rings (SSSR count). The second kappa shape index (κ2) is 9.09. The summed E-state index contributed by atoms with van der Waals surface area (Å²) in [7, 11) is 1.72. The van der Waals surface area contributed by atoms with Crippen molar-refractivity contribution in [3.63, 3.8) is 0 Å². The molecule has 4 nitrogen and oxygen atoms in total. The van der Waals surface area contributed by atoms with E-state index in [9.17, 15) is 0 Å². The number of methoxy groups -OCH3 is 1. The zero-order valence-corrected chi connectivity index (χ0v) is 14.0. The molecule has 2 aliphatic rings. The van der Waals surface area contributed by atoms with Gasteiger partial charge in [0.05, 0.1) is 13.2 Å². The molecule has 1 aliphatic carbocycles. The smallest absolute Gasteiger partial charge is 0.0700 e. The minimum atomic E-state index is 0.403. The van der Waals surface area contributed by atoms with Gasteiger partial charge in [-0.25, -0.2) is 0 Å². The van der Waals surface area contributed by atoms with Gasteiger partial charge in [0.25, 0.3) is 0 Å². The summed E-state index contributed by atoms with van der Waals surface area (Å²) in [5, 5.41) is 3.89. The van der Waals surface area contributed by atoms with Gasteiger partial charge >= 0.3 is 0 Å². The van der Waals surface area contributed by atoms with Crippen molar-refractivity contribution < 1.29 is 9.47 Å². The number of nitrogens with zero attached hydrogens (tertiary/aromatic N) is 1. The highest BCUT2D eigenvalue weighted by atomic mass is 16.5. The van der Waals surface area contributed by atoms with Crippen LogP contribution in [0.15, 0.2) is 0 Å². The van der Waals surface area contributed by atoms with Crippen molar-refractivity contribution in [1.82, 2.24) is 10.2 Å². The number of nitrogens with one attached hydrogen (secondary N) is 1. The van der Waals surface area contributed by atoms with E-state index >= 15 is 0 Å². The summed E-state index contributed by atoms with van der Waals surface area (Å²) < 4.78 is 10.6. The van der Waals surface area contributed by atoms with Crippen LogP contribution in [-0.2, 0) is 9.47 Å². The molecular weight excluding hydrogens is 264 g/mol. The summed E-state index contributed by atoms with van der Waals surface area (Å²) in [6.45, 7) is 8.23. The molecule has 0 bridgehead atoms. The standard InChI is InChI=1S/C17H34N2O2/c1-16-7-10-18-17(8-4-3-5-9-17)15-19(16)11-6-12-21-14-13-20-2/h16,18H,3-15H2,1-2H3. The van der Waals surface area contributed by atoms with Crippen LogP contribution in [0, 0.1) is 0 Å². The maximum Gasteiger partial charge on any atom is 0.0700 e. The van der Waals surface area contributed by atoms with Crippen LogP contribution in [0.5, 0.6) is 0 Å². The normalized spacial score (nSPS) is 26.9. The Morgan fingerprint density at radius 3 is 2.71 bits per heavy atom. The Labute approximate surface area is 130 Å². The monoisotopic (exact) mass is 298 g/mol. The molecule has 4 heteroatoms. The van der Waals surface area contributed by atoms with E-state index in [-0.39, 0.29) is 0 Å². The first kappa shape index (κ1) is 17.2. The van der Waals surface area contributed by atoms with Crippen molar-refractivity contribution in [3.8, 4) is 0 Å². The summed E-state index contributed by atoms with van der Waals surface area (Å²) in [6, 6.07) is 0.692. The summed E-state index contributed by atoms with van der Waals surface area (Å²) in [4.78, 5) is 2.70. The highest BCUT2D eigenvalue weighted by molar-refractivity contribution is 4.96. The molecule has 1 spiro atoms. The maximum absolute atomic E-state index is 5.60. The Morgan fingerprint density at radius 1 is 1.14 bits per heavy atom. The van der Waals surface area contributed by atoms with Crippen molar-refractivity contribution in [2.75, 3.05) is 46.6 Å². The van der Waals surface area contributed by atoms with E-state index in [2.05, 4.69) is 17.1 Å². The average molecular weight is 298 g/mol. The van der Waals surface area contributed by atoms with E-state index in [1.165, 1.54) is 51.6 Å². The predicted molar refractivity (Wildman–Crippen MR) is 86.8 cm³/mol. The lowest BCUT2D eigenvalue weighted by Crippen LogP contribution is -2.53. The largest absolute Gasteiger partial charge is 0.382 e. The average Bonchev–Trinajstić information content (AvgIpc) is 2.64. The van der Waals surface area contributed by atoms with Crippen LogP contribution in [0.25, 0.3) is 0 Å². The molecule has 1 atom stereocenters. The third kappa shape index (κ3) is 5.51. The number of hydrogen-bond acceptors (Lipinski definition) is 4. The first-order chi connectivity index (χ1) is 10.3. The van der Waals surface area contributed by atoms with E-state index in [1.807, 2.05) is 0 Å². The predicted octanol–water partition coefficient (Wildman–Crippen LogP) is 2.43. The molecule has 21 heavy (non-hydrogen) atoms. The fraction of sp³-hybridized carbons (Fsp3) is 1.00. The Balaban J connectivity index is 1.75. The highest BCUT2D eigenvalue weighted by Gasteiger charge is 2.36. The van der Waals surface area contributed by atoms with Crippen LogP contribution < -0.4 is 5.32 Å². The third-order valence-electron chi connectivity index (χ3n) is 5.17. The van der Waals surface area contributed by atoms with Crippen LogP contribution in [0.2, 0.25) is 0 Å². The molecule has 0 radical (unpaired) electrons. The van der Waals surface area contributed by atoms with Gasteiger partial charge in [0.2, 0.25) is 0 Å². The summed E-state index contributed by atoms with van der Waals surface area (Å²) in [6.07, 6.45) is 9.34. The molecule has 0 amide bonds. The van der Waals surface area contributed by atoms with Crippen molar-refractivity contribution in [3.05, 3.63) is 0 Å². The zero-order chi connectivity index (χ0) is 15.0. The highest BCUT2D eigenvalue weighted by Crippen LogP contribution is 2.31. The van der Waals surface area contributed by atoms with Crippen LogP contribution in [0.1, 0.15) is 51.9 Å². The zero-order valence-electron chi connectivity index (χ0n) is 14.0. The Kier molecular flexibility index (Phi) is 7.44. The van der Waals surface area contributed by atoms with E-state index in [1.54, 1.807) is 7.11 Å². The first-order valence-electron chi connectivity index (χ1n) is 8.81. The van der Waals surface area contributed by atoms with Crippen LogP contribution in [0.3, 0.4) is 0 Å². The summed E-state index contributed by atoms with van der Waals surface area (Å²) in [5.41, 5.74) is 0.403. The van der Waals surface area contributed by atoms with Gasteiger partial charge in [0, 0.05) is 38.4 Å². The van der Waals surface area contributed by atoms with Crippen molar-refractivity contribution >= 4 is 0 Å². The van der Waals surface area contributed by atoms with Crippen LogP contribution in [-0.4, -0.2) is 63.0 Å². The number of ether oxygens (including phenoxy) is 2. The molecule has 1 unspecified atom stereocenters. The molecule has 1 saturated heterocycles. The molecule has 0 aromatic rings. The van der Waals surface area contributed by atoms with Gasteiger partial charge < -0.3 is 14.8 Å². The molecule has 0 aromatic heterocycles. The van der Waals surface area contributed by atoms with Crippen LogP contribution >= 0.6 is 0 Å². The molecule has 124 valence electrons.